The summed E-state index contributed by atoms with van der Waals surface area (Å²) in [6.45, 7) is 3.09. The van der Waals surface area contributed by atoms with E-state index in [4.69, 9.17) is 4.74 Å². The van der Waals surface area contributed by atoms with Crippen LogP contribution < -0.4 is 5.32 Å². The van der Waals surface area contributed by atoms with E-state index in [0.717, 1.165) is 5.56 Å². The first-order valence-corrected chi connectivity index (χ1v) is 11.8. The summed E-state index contributed by atoms with van der Waals surface area (Å²) < 4.78 is 17.4. The zero-order chi connectivity index (χ0) is 24.6. The van der Waals surface area contributed by atoms with Crippen LogP contribution in [0.1, 0.15) is 25.0 Å². The van der Waals surface area contributed by atoms with E-state index < -0.39 is 49.8 Å². The lowest BCUT2D eigenvalue weighted by Crippen LogP contribution is -2.71. The Morgan fingerprint density at radius 3 is 2.38 bits per heavy atom. The summed E-state index contributed by atoms with van der Waals surface area (Å²) in [4.78, 5) is 49.7. The number of carbonyl (C=O) groups is 3. The van der Waals surface area contributed by atoms with Gasteiger partial charge >= 0.3 is 5.97 Å². The van der Waals surface area contributed by atoms with Crippen molar-refractivity contribution in [1.82, 2.24) is 10.2 Å². The van der Waals surface area contributed by atoms with Crippen molar-refractivity contribution in [3.05, 3.63) is 75.8 Å². The average Bonchev–Trinajstić information content (AvgIpc) is 3.00. The van der Waals surface area contributed by atoms with Gasteiger partial charge in [0, 0.05) is 12.1 Å². The number of esters is 1. The van der Waals surface area contributed by atoms with Gasteiger partial charge in [0.05, 0.1) is 26.9 Å². The third-order valence-corrected chi connectivity index (χ3v) is 8.23. The van der Waals surface area contributed by atoms with Gasteiger partial charge in [-0.1, -0.05) is 30.3 Å². The summed E-state index contributed by atoms with van der Waals surface area (Å²) in [5, 5.41) is 12.6. The minimum absolute atomic E-state index is 0.0775. The molecule has 0 spiro atoms. The molecule has 2 aliphatic rings. The van der Waals surface area contributed by atoms with Gasteiger partial charge in [0.2, 0.25) is 11.8 Å². The standard InChI is InChI=1S/C23H23N3O7S/c1-23(2)19(22(29)33-13-15-8-10-16(11-9-15)26(30)31)25-20(28)18(21(25)34(23)32)24-17(27)12-14-6-4-3-5-7-14/h3-11,18-19,21H,12-13H2,1-2H3,(H,24,27)/t18-,19+,21-,34-/m1/s1. The molecular formula is C23H23N3O7S. The minimum atomic E-state index is -1.63. The van der Waals surface area contributed by atoms with Gasteiger partial charge in [-0.3, -0.25) is 23.9 Å². The number of non-ortho nitro benzene ring substituents is 1. The van der Waals surface area contributed by atoms with E-state index in [1.807, 2.05) is 6.07 Å². The van der Waals surface area contributed by atoms with E-state index in [1.165, 1.54) is 29.2 Å². The molecule has 0 radical (unpaired) electrons. The lowest BCUT2D eigenvalue weighted by Gasteiger charge is -2.43. The third-order valence-electron chi connectivity index (χ3n) is 6.03. The first-order chi connectivity index (χ1) is 16.1. The number of carbonyl (C=O) groups excluding carboxylic acids is 3. The number of rotatable bonds is 7. The smallest absolute Gasteiger partial charge is 0.330 e. The van der Waals surface area contributed by atoms with Gasteiger partial charge in [-0.15, -0.1) is 0 Å². The van der Waals surface area contributed by atoms with E-state index in [2.05, 4.69) is 5.32 Å². The van der Waals surface area contributed by atoms with Crippen LogP contribution in [0.25, 0.3) is 0 Å². The van der Waals surface area contributed by atoms with Crippen molar-refractivity contribution < 1.29 is 28.3 Å². The molecule has 4 atom stereocenters. The summed E-state index contributed by atoms with van der Waals surface area (Å²) in [6, 6.07) is 12.5. The fraction of sp³-hybridized carbons (Fsp3) is 0.348. The van der Waals surface area contributed by atoms with Crippen molar-refractivity contribution in [2.24, 2.45) is 0 Å². The monoisotopic (exact) mass is 485 g/mol. The van der Waals surface area contributed by atoms with Gasteiger partial charge in [-0.05, 0) is 37.1 Å². The third kappa shape index (κ3) is 4.18. The maximum atomic E-state index is 13.2. The Hall–Kier alpha value is -3.60. The molecule has 1 N–H and O–H groups in total. The fourth-order valence-corrected chi connectivity index (χ4v) is 6.14. The molecule has 0 bridgehead atoms. The minimum Gasteiger partial charge on any atom is -0.459 e. The van der Waals surface area contributed by atoms with Crippen molar-refractivity contribution in [2.45, 2.75) is 49.1 Å². The van der Waals surface area contributed by atoms with E-state index >= 15 is 0 Å². The number of fused-ring (bicyclic) bond motifs is 1. The normalized spacial score (nSPS) is 24.6. The number of hydrogen-bond acceptors (Lipinski definition) is 7. The molecular weight excluding hydrogens is 462 g/mol. The van der Waals surface area contributed by atoms with Gasteiger partial charge in [0.25, 0.3) is 5.69 Å². The molecule has 34 heavy (non-hydrogen) atoms. The van der Waals surface area contributed by atoms with Gasteiger partial charge in [0.15, 0.2) is 0 Å². The molecule has 0 aromatic heterocycles. The Labute approximate surface area is 197 Å². The summed E-state index contributed by atoms with van der Waals surface area (Å²) >= 11 is 0. The zero-order valence-electron chi connectivity index (χ0n) is 18.5. The number of nitro benzene ring substituents is 1. The number of nitrogens with one attached hydrogen (secondary N) is 1. The maximum absolute atomic E-state index is 13.2. The summed E-state index contributed by atoms with van der Waals surface area (Å²) in [6.07, 6.45) is 0.0775. The molecule has 0 saturated carbocycles. The van der Waals surface area contributed by atoms with Crippen LogP contribution in [0.2, 0.25) is 0 Å². The van der Waals surface area contributed by atoms with Gasteiger partial charge in [-0.25, -0.2) is 4.79 Å². The molecule has 178 valence electrons. The molecule has 10 nitrogen and oxygen atoms in total. The molecule has 0 unspecified atom stereocenters. The fourth-order valence-electron chi connectivity index (χ4n) is 4.23. The molecule has 2 aliphatic heterocycles. The Bertz CT molecular complexity index is 1170. The Morgan fingerprint density at radius 1 is 1.12 bits per heavy atom. The molecule has 2 saturated heterocycles. The number of nitro groups is 1. The predicted molar refractivity (Wildman–Crippen MR) is 122 cm³/mol. The summed E-state index contributed by atoms with van der Waals surface area (Å²) in [5.74, 6) is -1.58. The molecule has 0 aliphatic carbocycles. The van der Waals surface area contributed by atoms with Crippen molar-refractivity contribution in [3.63, 3.8) is 0 Å². The zero-order valence-corrected chi connectivity index (χ0v) is 19.3. The number of amides is 2. The molecule has 11 heteroatoms. The Morgan fingerprint density at radius 2 is 1.76 bits per heavy atom. The highest BCUT2D eigenvalue weighted by Crippen LogP contribution is 2.44. The highest BCUT2D eigenvalue weighted by molar-refractivity contribution is 7.87. The van der Waals surface area contributed by atoms with Crippen LogP contribution >= 0.6 is 0 Å². The Balaban J connectivity index is 1.42. The highest BCUT2D eigenvalue weighted by Gasteiger charge is 2.68. The molecule has 2 heterocycles. The summed E-state index contributed by atoms with van der Waals surface area (Å²) in [7, 11) is -1.63. The number of ether oxygens (including phenoxy) is 1. The first kappa shape index (κ1) is 23.6. The maximum Gasteiger partial charge on any atom is 0.330 e. The van der Waals surface area contributed by atoms with Crippen LogP contribution in [0.15, 0.2) is 54.6 Å². The largest absolute Gasteiger partial charge is 0.459 e. The van der Waals surface area contributed by atoms with Gasteiger partial charge in [0.1, 0.15) is 24.1 Å². The highest BCUT2D eigenvalue weighted by atomic mass is 32.2. The van der Waals surface area contributed by atoms with Gasteiger partial charge in [-0.2, -0.15) is 0 Å². The second kappa shape index (κ2) is 8.98. The van der Waals surface area contributed by atoms with E-state index in [-0.39, 0.29) is 24.6 Å². The van der Waals surface area contributed by atoms with E-state index in [0.29, 0.717) is 5.56 Å². The lowest BCUT2D eigenvalue weighted by atomic mass is 9.95. The van der Waals surface area contributed by atoms with Crippen molar-refractivity contribution >= 4 is 34.3 Å². The van der Waals surface area contributed by atoms with Crippen LogP contribution in [0, 0.1) is 10.1 Å². The number of nitrogens with zero attached hydrogens (tertiary/aromatic N) is 2. The quantitative estimate of drug-likeness (QED) is 0.271. The molecule has 2 fully saturated rings. The van der Waals surface area contributed by atoms with Gasteiger partial charge < -0.3 is 15.0 Å². The Kier molecular flexibility index (Phi) is 6.22. The SMILES string of the molecule is CC1(C)[C@H](C(=O)OCc2ccc([N+](=O)[O-])cc2)N2C(=O)[C@@H](NC(=O)Cc3ccccc3)[C@H]2[S@]1=O. The second-order valence-electron chi connectivity index (χ2n) is 8.68. The number of hydrogen-bond donors (Lipinski definition) is 1. The number of benzene rings is 2. The summed E-state index contributed by atoms with van der Waals surface area (Å²) in [5.41, 5.74) is 1.23. The molecule has 2 aromatic carbocycles. The van der Waals surface area contributed by atoms with E-state index in [1.54, 1.807) is 38.1 Å². The topological polar surface area (TPSA) is 136 Å². The average molecular weight is 486 g/mol. The van der Waals surface area contributed by atoms with Crippen LogP contribution in [0.3, 0.4) is 0 Å². The van der Waals surface area contributed by atoms with Crippen LogP contribution in [-0.2, 0) is 42.9 Å². The predicted octanol–water partition coefficient (Wildman–Crippen LogP) is 1.44. The molecule has 2 amide bonds. The van der Waals surface area contributed by atoms with Crippen molar-refractivity contribution in [1.29, 1.82) is 0 Å². The van der Waals surface area contributed by atoms with Crippen molar-refractivity contribution in [3.8, 4) is 0 Å². The molecule has 4 rings (SSSR count). The molecule has 2 aromatic rings. The van der Waals surface area contributed by atoms with Crippen LogP contribution in [0.4, 0.5) is 5.69 Å². The lowest BCUT2D eigenvalue weighted by molar-refractivity contribution is -0.384. The van der Waals surface area contributed by atoms with Crippen LogP contribution in [-0.4, -0.2) is 54.0 Å². The first-order valence-electron chi connectivity index (χ1n) is 10.6. The number of β-lactam (4-membered cyclic amide) rings is 1. The van der Waals surface area contributed by atoms with Crippen LogP contribution in [0.5, 0.6) is 0 Å². The van der Waals surface area contributed by atoms with Crippen molar-refractivity contribution in [2.75, 3.05) is 0 Å². The second-order valence-corrected chi connectivity index (χ2v) is 10.8. The van der Waals surface area contributed by atoms with E-state index in [9.17, 15) is 28.7 Å².